The number of hydrogen-bond acceptors (Lipinski definition) is 4. The Morgan fingerprint density at radius 2 is 2.35 bits per heavy atom. The monoisotopic (exact) mass is 292 g/mol. The van der Waals surface area contributed by atoms with Crippen molar-refractivity contribution in [1.29, 1.82) is 0 Å². The average Bonchev–Trinajstić information content (AvgIpc) is 3.03. The summed E-state index contributed by atoms with van der Waals surface area (Å²) in [7, 11) is 1.95. The van der Waals surface area contributed by atoms with E-state index in [0.717, 1.165) is 54.7 Å². The first-order chi connectivity index (χ1) is 9.74. The quantitative estimate of drug-likeness (QED) is 0.853. The van der Waals surface area contributed by atoms with Crippen molar-refractivity contribution in [2.24, 2.45) is 7.05 Å². The van der Waals surface area contributed by atoms with Crippen LogP contribution in [0.5, 0.6) is 5.75 Å². The Morgan fingerprint density at radius 1 is 1.45 bits per heavy atom. The standard InChI is InChI=1S/C14H17ClN4O/c1-19-9-17-18-13(19)2-4-16-8-11-7-12(15)6-10-3-5-20-14(10)11/h6-7,9,16H,2-5,8H2,1H3. The summed E-state index contributed by atoms with van der Waals surface area (Å²) >= 11 is 6.14. The molecule has 0 aliphatic carbocycles. The summed E-state index contributed by atoms with van der Waals surface area (Å²) in [5.74, 6) is 1.98. The van der Waals surface area contributed by atoms with Gasteiger partial charge in [0.2, 0.25) is 0 Å². The minimum Gasteiger partial charge on any atom is -0.493 e. The smallest absolute Gasteiger partial charge is 0.133 e. The fourth-order valence-corrected chi connectivity index (χ4v) is 2.70. The van der Waals surface area contributed by atoms with Gasteiger partial charge in [0, 0.05) is 43.6 Å². The van der Waals surface area contributed by atoms with Crippen LogP contribution in [0, 0.1) is 0 Å². The van der Waals surface area contributed by atoms with E-state index in [-0.39, 0.29) is 0 Å². The molecule has 2 heterocycles. The Hall–Kier alpha value is -1.59. The first-order valence-electron chi connectivity index (χ1n) is 6.72. The number of halogens is 1. The molecule has 0 spiro atoms. The highest BCUT2D eigenvalue weighted by Gasteiger charge is 2.17. The number of benzene rings is 1. The van der Waals surface area contributed by atoms with Crippen LogP contribution >= 0.6 is 11.6 Å². The van der Waals surface area contributed by atoms with Crippen LogP contribution in [0.1, 0.15) is 17.0 Å². The second-order valence-corrected chi connectivity index (χ2v) is 5.37. The lowest BCUT2D eigenvalue weighted by Crippen LogP contribution is -2.18. The van der Waals surface area contributed by atoms with Crippen LogP contribution in [0.3, 0.4) is 0 Å². The Balaban J connectivity index is 1.58. The summed E-state index contributed by atoms with van der Waals surface area (Å²) in [6.07, 6.45) is 3.51. The molecule has 3 rings (SSSR count). The number of nitrogens with one attached hydrogen (secondary N) is 1. The van der Waals surface area contributed by atoms with Crippen LogP contribution in [-0.2, 0) is 26.4 Å². The molecule has 0 unspecified atom stereocenters. The van der Waals surface area contributed by atoms with E-state index in [4.69, 9.17) is 16.3 Å². The van der Waals surface area contributed by atoms with Gasteiger partial charge in [0.1, 0.15) is 17.9 Å². The normalized spacial score (nSPS) is 13.3. The molecular weight excluding hydrogens is 276 g/mol. The van der Waals surface area contributed by atoms with Gasteiger partial charge in [-0.3, -0.25) is 0 Å². The minimum absolute atomic E-state index is 0.751. The van der Waals surface area contributed by atoms with E-state index >= 15 is 0 Å². The molecule has 0 atom stereocenters. The molecule has 1 aliphatic rings. The van der Waals surface area contributed by atoms with Gasteiger partial charge in [-0.15, -0.1) is 10.2 Å². The zero-order valence-electron chi connectivity index (χ0n) is 11.4. The second kappa shape index (κ2) is 5.81. The molecule has 0 radical (unpaired) electrons. The van der Waals surface area contributed by atoms with Crippen molar-refractivity contribution in [3.05, 3.63) is 40.4 Å². The van der Waals surface area contributed by atoms with Gasteiger partial charge >= 0.3 is 0 Å². The highest BCUT2D eigenvalue weighted by molar-refractivity contribution is 6.30. The van der Waals surface area contributed by atoms with Crippen molar-refractivity contribution in [3.8, 4) is 5.75 Å². The molecular formula is C14H17ClN4O. The number of fused-ring (bicyclic) bond motifs is 1. The fourth-order valence-electron chi connectivity index (χ4n) is 2.43. The molecule has 0 bridgehead atoms. The Kier molecular flexibility index (Phi) is 3.89. The van der Waals surface area contributed by atoms with Gasteiger partial charge < -0.3 is 14.6 Å². The summed E-state index contributed by atoms with van der Waals surface area (Å²) in [4.78, 5) is 0. The van der Waals surface area contributed by atoms with Crippen molar-refractivity contribution in [2.75, 3.05) is 13.2 Å². The number of aromatic nitrogens is 3. The van der Waals surface area contributed by atoms with E-state index < -0.39 is 0 Å². The van der Waals surface area contributed by atoms with Gasteiger partial charge in [0.05, 0.1) is 6.61 Å². The maximum atomic E-state index is 6.14. The molecule has 1 aliphatic heterocycles. The van der Waals surface area contributed by atoms with Gasteiger partial charge in [-0.25, -0.2) is 0 Å². The van der Waals surface area contributed by atoms with Gasteiger partial charge in [0.15, 0.2) is 0 Å². The maximum absolute atomic E-state index is 6.14. The van der Waals surface area contributed by atoms with Crippen molar-refractivity contribution in [2.45, 2.75) is 19.4 Å². The Morgan fingerprint density at radius 3 is 3.15 bits per heavy atom. The van der Waals surface area contributed by atoms with E-state index in [1.165, 1.54) is 5.56 Å². The third-order valence-electron chi connectivity index (χ3n) is 3.47. The highest BCUT2D eigenvalue weighted by atomic mass is 35.5. The van der Waals surface area contributed by atoms with Crippen LogP contribution in [0.2, 0.25) is 5.02 Å². The SMILES string of the molecule is Cn1cnnc1CCNCc1cc(Cl)cc2c1OCC2. The first-order valence-corrected chi connectivity index (χ1v) is 7.09. The molecule has 0 fully saturated rings. The zero-order valence-corrected chi connectivity index (χ0v) is 12.2. The molecule has 5 nitrogen and oxygen atoms in total. The first kappa shape index (κ1) is 13.4. The van der Waals surface area contributed by atoms with Gasteiger partial charge in [0.25, 0.3) is 0 Å². The third-order valence-corrected chi connectivity index (χ3v) is 3.69. The van der Waals surface area contributed by atoms with Crippen LogP contribution in [0.15, 0.2) is 18.5 Å². The average molecular weight is 293 g/mol. The van der Waals surface area contributed by atoms with E-state index in [0.29, 0.717) is 0 Å². The van der Waals surface area contributed by atoms with Gasteiger partial charge in [-0.1, -0.05) is 11.6 Å². The Bertz CT molecular complexity index is 611. The second-order valence-electron chi connectivity index (χ2n) is 4.94. The molecule has 0 amide bonds. The molecule has 1 aromatic carbocycles. The van der Waals surface area contributed by atoms with Crippen LogP contribution in [-0.4, -0.2) is 27.9 Å². The van der Waals surface area contributed by atoms with E-state index in [1.807, 2.05) is 23.7 Å². The summed E-state index contributed by atoms with van der Waals surface area (Å²) in [5, 5.41) is 12.1. The summed E-state index contributed by atoms with van der Waals surface area (Å²) in [5.41, 5.74) is 2.34. The molecule has 2 aromatic rings. The lowest BCUT2D eigenvalue weighted by Gasteiger charge is -2.10. The topological polar surface area (TPSA) is 52.0 Å². The number of rotatable bonds is 5. The number of hydrogen-bond donors (Lipinski definition) is 1. The summed E-state index contributed by atoms with van der Waals surface area (Å²) < 4.78 is 7.61. The predicted octanol–water partition coefficient (Wildman–Crippen LogP) is 1.74. The zero-order chi connectivity index (χ0) is 13.9. The van der Waals surface area contributed by atoms with Crippen molar-refractivity contribution in [3.63, 3.8) is 0 Å². The number of nitrogens with zero attached hydrogens (tertiary/aromatic N) is 3. The van der Waals surface area contributed by atoms with Crippen molar-refractivity contribution in [1.82, 2.24) is 20.1 Å². The molecule has 1 N–H and O–H groups in total. The minimum atomic E-state index is 0.751. The van der Waals surface area contributed by atoms with Crippen LogP contribution in [0.25, 0.3) is 0 Å². The predicted molar refractivity (Wildman–Crippen MR) is 77.1 cm³/mol. The van der Waals surface area contributed by atoms with Gasteiger partial charge in [-0.2, -0.15) is 0 Å². The Labute approximate surface area is 122 Å². The van der Waals surface area contributed by atoms with Gasteiger partial charge in [-0.05, 0) is 17.7 Å². The number of aryl methyl sites for hydroxylation is 1. The third kappa shape index (κ3) is 2.78. The molecule has 6 heteroatoms. The highest BCUT2D eigenvalue weighted by Crippen LogP contribution is 2.32. The summed E-state index contributed by atoms with van der Waals surface area (Å²) in [6.45, 7) is 2.34. The fraction of sp³-hybridized carbons (Fsp3) is 0.429. The molecule has 0 saturated carbocycles. The van der Waals surface area contributed by atoms with Crippen molar-refractivity contribution < 1.29 is 4.74 Å². The lowest BCUT2D eigenvalue weighted by molar-refractivity contribution is 0.352. The van der Waals surface area contributed by atoms with E-state index in [1.54, 1.807) is 6.33 Å². The van der Waals surface area contributed by atoms with Crippen LogP contribution in [0.4, 0.5) is 0 Å². The molecule has 106 valence electrons. The van der Waals surface area contributed by atoms with Crippen LogP contribution < -0.4 is 10.1 Å². The molecule has 1 aromatic heterocycles. The number of ether oxygens (including phenoxy) is 1. The van der Waals surface area contributed by atoms with E-state index in [9.17, 15) is 0 Å². The maximum Gasteiger partial charge on any atom is 0.133 e. The van der Waals surface area contributed by atoms with Crippen molar-refractivity contribution >= 4 is 11.6 Å². The lowest BCUT2D eigenvalue weighted by atomic mass is 10.1. The largest absolute Gasteiger partial charge is 0.493 e. The van der Waals surface area contributed by atoms with E-state index in [2.05, 4.69) is 15.5 Å². The molecule has 20 heavy (non-hydrogen) atoms. The summed E-state index contributed by atoms with van der Waals surface area (Å²) in [6, 6.07) is 3.97. The molecule has 0 saturated heterocycles.